The van der Waals surface area contributed by atoms with Crippen molar-refractivity contribution in [2.45, 2.75) is 43.7 Å². The van der Waals surface area contributed by atoms with Gasteiger partial charge in [-0.05, 0) is 49.1 Å². The van der Waals surface area contributed by atoms with E-state index in [1.807, 2.05) is 23.1 Å². The molecule has 1 saturated heterocycles. The number of methoxy groups -OCH3 is 2. The van der Waals surface area contributed by atoms with Crippen molar-refractivity contribution >= 4 is 5.91 Å². The van der Waals surface area contributed by atoms with E-state index in [9.17, 15) is 9.90 Å². The van der Waals surface area contributed by atoms with Crippen molar-refractivity contribution in [3.05, 3.63) is 47.9 Å². The highest BCUT2D eigenvalue weighted by atomic mass is 16.5. The van der Waals surface area contributed by atoms with Crippen LogP contribution in [-0.2, 0) is 0 Å². The van der Waals surface area contributed by atoms with Gasteiger partial charge in [0.05, 0.1) is 32.1 Å². The van der Waals surface area contributed by atoms with Gasteiger partial charge < -0.3 is 23.9 Å². The molecule has 1 N–H and O–H groups in total. The fourth-order valence-electron chi connectivity index (χ4n) is 4.90. The maximum Gasteiger partial charge on any atom is 0.290 e. The van der Waals surface area contributed by atoms with Crippen molar-refractivity contribution in [3.63, 3.8) is 0 Å². The molecule has 2 fully saturated rings. The number of amides is 1. The Kier molecular flexibility index (Phi) is 5.06. The van der Waals surface area contributed by atoms with E-state index in [2.05, 4.69) is 0 Å². The van der Waals surface area contributed by atoms with Crippen LogP contribution in [0.2, 0.25) is 0 Å². The molecule has 6 heteroatoms. The predicted octanol–water partition coefficient (Wildman–Crippen LogP) is 3.81. The van der Waals surface area contributed by atoms with Crippen molar-refractivity contribution in [2.75, 3.05) is 20.8 Å². The molecule has 0 bridgehead atoms. The molecule has 2 aliphatic rings. The normalized spacial score (nSPS) is 27.2. The summed E-state index contributed by atoms with van der Waals surface area (Å²) < 4.78 is 16.2. The molecular weight excluding hydrogens is 358 g/mol. The van der Waals surface area contributed by atoms with E-state index in [4.69, 9.17) is 13.9 Å². The molecule has 2 aromatic rings. The first-order valence-electron chi connectivity index (χ1n) is 9.86. The standard InChI is InChI=1S/C22H27NO5/c1-26-17-9-8-15(14-19(17)27-2)20-16-6-3-4-10-22(16,25)11-12-23(20)21(24)18-7-5-13-28-18/h5,7-9,13-14,16,20,25H,3-4,6,10-12H2,1-2H3. The van der Waals surface area contributed by atoms with Gasteiger partial charge in [0.15, 0.2) is 17.3 Å². The monoisotopic (exact) mass is 385 g/mol. The Hall–Kier alpha value is -2.47. The molecule has 0 spiro atoms. The molecular formula is C22H27NO5. The third-order valence-corrected chi connectivity index (χ3v) is 6.31. The summed E-state index contributed by atoms with van der Waals surface area (Å²) in [6, 6.07) is 8.92. The first kappa shape index (κ1) is 18.9. The van der Waals surface area contributed by atoms with Crippen LogP contribution < -0.4 is 9.47 Å². The number of likely N-dealkylation sites (tertiary alicyclic amines) is 1. The van der Waals surface area contributed by atoms with Gasteiger partial charge in [-0.2, -0.15) is 0 Å². The van der Waals surface area contributed by atoms with Crippen LogP contribution in [0.25, 0.3) is 0 Å². The summed E-state index contributed by atoms with van der Waals surface area (Å²) in [7, 11) is 3.20. The molecule has 1 aliphatic carbocycles. The first-order valence-corrected chi connectivity index (χ1v) is 9.86. The van der Waals surface area contributed by atoms with E-state index in [-0.39, 0.29) is 17.9 Å². The lowest BCUT2D eigenvalue weighted by Crippen LogP contribution is -2.56. The average Bonchev–Trinajstić information content (AvgIpc) is 3.26. The van der Waals surface area contributed by atoms with Crippen LogP contribution in [0.1, 0.15) is 54.3 Å². The molecule has 1 aromatic carbocycles. The van der Waals surface area contributed by atoms with Gasteiger partial charge in [0, 0.05) is 12.5 Å². The number of fused-ring (bicyclic) bond motifs is 1. The molecule has 0 radical (unpaired) electrons. The molecule has 1 saturated carbocycles. The van der Waals surface area contributed by atoms with Crippen LogP contribution in [0.4, 0.5) is 0 Å². The molecule has 1 amide bonds. The summed E-state index contributed by atoms with van der Waals surface area (Å²) in [6.45, 7) is 0.492. The van der Waals surface area contributed by atoms with E-state index < -0.39 is 5.60 Å². The van der Waals surface area contributed by atoms with Gasteiger partial charge in [-0.25, -0.2) is 0 Å². The fraction of sp³-hybridized carbons (Fsp3) is 0.500. The number of furan rings is 1. The second-order valence-corrected chi connectivity index (χ2v) is 7.74. The van der Waals surface area contributed by atoms with E-state index >= 15 is 0 Å². The van der Waals surface area contributed by atoms with Crippen molar-refractivity contribution in [1.29, 1.82) is 0 Å². The van der Waals surface area contributed by atoms with Crippen LogP contribution in [0, 0.1) is 5.92 Å². The van der Waals surface area contributed by atoms with E-state index in [1.165, 1.54) is 6.26 Å². The smallest absolute Gasteiger partial charge is 0.290 e. The number of nitrogens with zero attached hydrogens (tertiary/aromatic N) is 1. The number of piperidine rings is 1. The minimum Gasteiger partial charge on any atom is -0.493 e. The largest absolute Gasteiger partial charge is 0.493 e. The Bertz CT molecular complexity index is 833. The lowest BCUT2D eigenvalue weighted by molar-refractivity contribution is -0.115. The number of hydrogen-bond acceptors (Lipinski definition) is 5. The van der Waals surface area contributed by atoms with Crippen molar-refractivity contribution in [1.82, 2.24) is 4.90 Å². The highest BCUT2D eigenvalue weighted by molar-refractivity contribution is 5.92. The van der Waals surface area contributed by atoms with Gasteiger partial charge in [0.1, 0.15) is 0 Å². The summed E-state index contributed by atoms with van der Waals surface area (Å²) in [6.07, 6.45) is 5.85. The molecule has 3 atom stereocenters. The van der Waals surface area contributed by atoms with Crippen LogP contribution in [0.5, 0.6) is 11.5 Å². The Morgan fingerprint density at radius 2 is 2.00 bits per heavy atom. The van der Waals surface area contributed by atoms with Crippen molar-refractivity contribution < 1.29 is 23.8 Å². The molecule has 1 aliphatic heterocycles. The van der Waals surface area contributed by atoms with E-state index in [0.717, 1.165) is 31.2 Å². The Labute approximate surface area is 165 Å². The number of ether oxygens (including phenoxy) is 2. The van der Waals surface area contributed by atoms with Gasteiger partial charge in [0.25, 0.3) is 5.91 Å². The van der Waals surface area contributed by atoms with E-state index in [0.29, 0.717) is 30.2 Å². The second-order valence-electron chi connectivity index (χ2n) is 7.74. The summed E-state index contributed by atoms with van der Waals surface area (Å²) in [4.78, 5) is 15.0. The zero-order valence-electron chi connectivity index (χ0n) is 16.4. The van der Waals surface area contributed by atoms with Gasteiger partial charge in [-0.1, -0.05) is 18.9 Å². The fourth-order valence-corrected chi connectivity index (χ4v) is 4.90. The van der Waals surface area contributed by atoms with Crippen LogP contribution in [0.3, 0.4) is 0 Å². The Morgan fingerprint density at radius 3 is 2.71 bits per heavy atom. The summed E-state index contributed by atoms with van der Waals surface area (Å²) in [5.41, 5.74) is 0.207. The summed E-state index contributed by atoms with van der Waals surface area (Å²) >= 11 is 0. The quantitative estimate of drug-likeness (QED) is 0.867. The minimum absolute atomic E-state index is 0.0213. The van der Waals surface area contributed by atoms with Crippen molar-refractivity contribution in [2.24, 2.45) is 5.92 Å². The number of rotatable bonds is 4. The second kappa shape index (κ2) is 7.51. The molecule has 6 nitrogen and oxygen atoms in total. The average molecular weight is 385 g/mol. The third-order valence-electron chi connectivity index (χ3n) is 6.31. The lowest BCUT2D eigenvalue weighted by Gasteiger charge is -2.52. The minimum atomic E-state index is -0.740. The molecule has 28 heavy (non-hydrogen) atoms. The SMILES string of the molecule is COc1ccc(C2C3CCCCC3(O)CCN2C(=O)c2ccco2)cc1OC. The molecule has 150 valence electrons. The number of hydrogen-bond donors (Lipinski definition) is 1. The van der Waals surface area contributed by atoms with Crippen molar-refractivity contribution in [3.8, 4) is 11.5 Å². The zero-order valence-corrected chi connectivity index (χ0v) is 16.4. The van der Waals surface area contributed by atoms with Crippen LogP contribution in [0.15, 0.2) is 41.0 Å². The molecule has 4 rings (SSSR count). The number of carbonyl (C=O) groups is 1. The first-order chi connectivity index (χ1) is 13.6. The lowest BCUT2D eigenvalue weighted by atomic mass is 9.66. The molecule has 1 aromatic heterocycles. The highest BCUT2D eigenvalue weighted by Gasteiger charge is 2.50. The number of aliphatic hydroxyl groups is 1. The Morgan fingerprint density at radius 1 is 1.18 bits per heavy atom. The van der Waals surface area contributed by atoms with Gasteiger partial charge in [-0.3, -0.25) is 4.79 Å². The van der Waals surface area contributed by atoms with Crippen LogP contribution >= 0.6 is 0 Å². The van der Waals surface area contributed by atoms with Gasteiger partial charge >= 0.3 is 0 Å². The van der Waals surface area contributed by atoms with Gasteiger partial charge in [-0.15, -0.1) is 0 Å². The van der Waals surface area contributed by atoms with E-state index in [1.54, 1.807) is 26.4 Å². The topological polar surface area (TPSA) is 72.1 Å². The maximum atomic E-state index is 13.2. The van der Waals surface area contributed by atoms with Crippen LogP contribution in [-0.4, -0.2) is 42.3 Å². The Balaban J connectivity index is 1.77. The maximum absolute atomic E-state index is 13.2. The summed E-state index contributed by atoms with van der Waals surface area (Å²) in [5, 5.41) is 11.4. The number of benzene rings is 1. The third kappa shape index (κ3) is 3.15. The highest BCUT2D eigenvalue weighted by Crippen LogP contribution is 2.50. The zero-order chi connectivity index (χ0) is 19.7. The molecule has 2 heterocycles. The summed E-state index contributed by atoms with van der Waals surface area (Å²) in [5.74, 6) is 1.43. The number of carbonyl (C=O) groups excluding carboxylic acids is 1. The predicted molar refractivity (Wildman–Crippen MR) is 104 cm³/mol. The van der Waals surface area contributed by atoms with Gasteiger partial charge in [0.2, 0.25) is 0 Å². The molecule has 3 unspecified atom stereocenters.